The van der Waals surface area contributed by atoms with Gasteiger partial charge < -0.3 is 9.84 Å². The molecular formula is C10H11ClN2O. The molecule has 0 unspecified atom stereocenters. The van der Waals surface area contributed by atoms with E-state index in [4.69, 9.17) is 16.1 Å². The molecule has 2 aromatic rings. The number of hydrogen-bond acceptors (Lipinski definition) is 3. The average molecular weight is 211 g/mol. The van der Waals surface area contributed by atoms with Gasteiger partial charge in [0, 0.05) is 18.4 Å². The third-order valence-electron chi connectivity index (χ3n) is 2.14. The Labute approximate surface area is 87.0 Å². The summed E-state index contributed by atoms with van der Waals surface area (Å²) in [4.78, 5) is 0. The predicted octanol–water partition coefficient (Wildman–Crippen LogP) is 2.24. The molecule has 0 aliphatic heterocycles. The number of likely N-dealkylation sites (N-methyl/N-ethyl adjacent to an activating group) is 1. The summed E-state index contributed by atoms with van der Waals surface area (Å²) in [6.45, 7) is 0.872. The van der Waals surface area contributed by atoms with E-state index < -0.39 is 0 Å². The molecule has 1 aromatic carbocycles. The van der Waals surface area contributed by atoms with Crippen molar-refractivity contribution in [3.8, 4) is 0 Å². The van der Waals surface area contributed by atoms with Crippen LogP contribution in [0.25, 0.3) is 10.9 Å². The Bertz CT molecular complexity index is 439. The van der Waals surface area contributed by atoms with Crippen LogP contribution in [0.3, 0.4) is 0 Å². The van der Waals surface area contributed by atoms with E-state index in [2.05, 4.69) is 10.5 Å². The van der Waals surface area contributed by atoms with Gasteiger partial charge in [-0.2, -0.15) is 0 Å². The molecule has 74 valence electrons. The molecule has 0 bridgehead atoms. The van der Waals surface area contributed by atoms with Crippen LogP contribution in [0.4, 0.5) is 0 Å². The summed E-state index contributed by atoms with van der Waals surface area (Å²) < 4.78 is 5.22. The summed E-state index contributed by atoms with van der Waals surface area (Å²) in [5.74, 6) is 0.886. The van der Waals surface area contributed by atoms with Crippen LogP contribution in [0, 0.1) is 0 Å². The lowest BCUT2D eigenvalue weighted by Gasteiger charge is -1.95. The second-order valence-corrected chi connectivity index (χ2v) is 3.50. The fourth-order valence-electron chi connectivity index (χ4n) is 1.40. The van der Waals surface area contributed by atoms with E-state index in [1.165, 1.54) is 0 Å². The largest absolute Gasteiger partial charge is 0.360 e. The Morgan fingerprint density at radius 2 is 2.36 bits per heavy atom. The van der Waals surface area contributed by atoms with Crippen molar-refractivity contribution in [2.75, 3.05) is 13.6 Å². The maximum atomic E-state index is 5.97. The maximum Gasteiger partial charge on any atom is 0.145 e. The smallest absolute Gasteiger partial charge is 0.145 e. The standard InChI is InChI=1S/C10H11ClN2O/c1-12-6-5-9-7-3-2-4-8(11)10(7)13-14-9/h2-4,12H,5-6H2,1H3. The lowest BCUT2D eigenvalue weighted by Crippen LogP contribution is -2.09. The highest BCUT2D eigenvalue weighted by Crippen LogP contribution is 2.25. The molecule has 0 spiro atoms. The molecule has 0 saturated heterocycles. The fraction of sp³-hybridized carbons (Fsp3) is 0.300. The monoisotopic (exact) mass is 210 g/mol. The van der Waals surface area contributed by atoms with E-state index in [1.54, 1.807) is 0 Å². The summed E-state index contributed by atoms with van der Waals surface area (Å²) in [5.41, 5.74) is 0.750. The van der Waals surface area contributed by atoms with Crippen molar-refractivity contribution >= 4 is 22.5 Å². The number of aromatic nitrogens is 1. The molecule has 0 fully saturated rings. The van der Waals surface area contributed by atoms with Gasteiger partial charge in [0.25, 0.3) is 0 Å². The summed E-state index contributed by atoms with van der Waals surface area (Å²) in [5, 5.41) is 8.65. The molecule has 1 aromatic heterocycles. The van der Waals surface area contributed by atoms with E-state index in [9.17, 15) is 0 Å². The van der Waals surface area contributed by atoms with Crippen molar-refractivity contribution < 1.29 is 4.52 Å². The first-order valence-electron chi connectivity index (χ1n) is 4.50. The zero-order valence-electron chi connectivity index (χ0n) is 7.88. The molecule has 4 heteroatoms. The molecule has 0 saturated carbocycles. The number of hydrogen-bond donors (Lipinski definition) is 1. The summed E-state index contributed by atoms with van der Waals surface area (Å²) >= 11 is 5.97. The highest BCUT2D eigenvalue weighted by Gasteiger charge is 2.09. The second kappa shape index (κ2) is 3.98. The van der Waals surface area contributed by atoms with Crippen molar-refractivity contribution in [2.45, 2.75) is 6.42 Å². The number of nitrogens with zero attached hydrogens (tertiary/aromatic N) is 1. The van der Waals surface area contributed by atoms with Crippen molar-refractivity contribution in [2.24, 2.45) is 0 Å². The number of rotatable bonds is 3. The maximum absolute atomic E-state index is 5.97. The Hall–Kier alpha value is -1.06. The summed E-state index contributed by atoms with van der Waals surface area (Å²) in [6, 6.07) is 5.70. The summed E-state index contributed by atoms with van der Waals surface area (Å²) in [6.07, 6.45) is 0.827. The van der Waals surface area contributed by atoms with Crippen molar-refractivity contribution in [1.82, 2.24) is 10.5 Å². The minimum absolute atomic E-state index is 0.641. The molecule has 0 aliphatic rings. The molecule has 0 radical (unpaired) electrons. The molecule has 1 N–H and O–H groups in total. The summed E-state index contributed by atoms with van der Waals surface area (Å²) in [7, 11) is 1.91. The van der Waals surface area contributed by atoms with Crippen molar-refractivity contribution in [3.05, 3.63) is 29.0 Å². The van der Waals surface area contributed by atoms with Gasteiger partial charge in [0.05, 0.1) is 5.02 Å². The van der Waals surface area contributed by atoms with Gasteiger partial charge in [-0.3, -0.25) is 0 Å². The van der Waals surface area contributed by atoms with Gasteiger partial charge in [-0.15, -0.1) is 0 Å². The predicted molar refractivity (Wildman–Crippen MR) is 56.6 cm³/mol. The first-order chi connectivity index (χ1) is 6.83. The van der Waals surface area contributed by atoms with Crippen LogP contribution in [0.15, 0.2) is 22.7 Å². The van der Waals surface area contributed by atoms with Crippen LogP contribution in [-0.4, -0.2) is 18.7 Å². The number of benzene rings is 1. The highest BCUT2D eigenvalue weighted by atomic mass is 35.5. The first-order valence-corrected chi connectivity index (χ1v) is 4.88. The molecular weight excluding hydrogens is 200 g/mol. The lowest BCUT2D eigenvalue weighted by molar-refractivity contribution is 0.390. The number of halogens is 1. The van der Waals surface area contributed by atoms with E-state index in [-0.39, 0.29) is 0 Å². The Morgan fingerprint density at radius 3 is 3.14 bits per heavy atom. The second-order valence-electron chi connectivity index (χ2n) is 3.10. The zero-order chi connectivity index (χ0) is 9.97. The van der Waals surface area contributed by atoms with Gasteiger partial charge in [-0.1, -0.05) is 22.8 Å². The van der Waals surface area contributed by atoms with Crippen molar-refractivity contribution in [1.29, 1.82) is 0 Å². The minimum atomic E-state index is 0.641. The van der Waals surface area contributed by atoms with Gasteiger partial charge in [0.1, 0.15) is 11.3 Å². The van der Waals surface area contributed by atoms with Crippen LogP contribution in [0.1, 0.15) is 5.76 Å². The minimum Gasteiger partial charge on any atom is -0.360 e. The third kappa shape index (κ3) is 1.61. The normalized spacial score (nSPS) is 11.0. The van der Waals surface area contributed by atoms with Gasteiger partial charge in [-0.25, -0.2) is 0 Å². The van der Waals surface area contributed by atoms with E-state index in [0.29, 0.717) is 5.02 Å². The van der Waals surface area contributed by atoms with Gasteiger partial charge >= 0.3 is 0 Å². The number of nitrogens with one attached hydrogen (secondary N) is 1. The lowest BCUT2D eigenvalue weighted by atomic mass is 10.2. The quantitative estimate of drug-likeness (QED) is 0.845. The van der Waals surface area contributed by atoms with Gasteiger partial charge in [0.15, 0.2) is 0 Å². The Morgan fingerprint density at radius 1 is 1.50 bits per heavy atom. The van der Waals surface area contributed by atoms with Crippen molar-refractivity contribution in [3.63, 3.8) is 0 Å². The van der Waals surface area contributed by atoms with Gasteiger partial charge in [-0.05, 0) is 19.2 Å². The molecule has 0 atom stereocenters. The zero-order valence-corrected chi connectivity index (χ0v) is 8.64. The molecule has 0 aliphatic carbocycles. The molecule has 3 nitrogen and oxygen atoms in total. The van der Waals surface area contributed by atoms with E-state index >= 15 is 0 Å². The fourth-order valence-corrected chi connectivity index (χ4v) is 1.61. The Balaban J connectivity index is 2.42. The first kappa shape index (κ1) is 9.49. The van der Waals surface area contributed by atoms with Crippen LogP contribution < -0.4 is 5.32 Å². The Kier molecular flexibility index (Phi) is 2.70. The topological polar surface area (TPSA) is 38.1 Å². The van der Waals surface area contributed by atoms with Crippen LogP contribution >= 0.6 is 11.6 Å². The average Bonchev–Trinajstić information content (AvgIpc) is 2.60. The SMILES string of the molecule is CNCCc1onc2c(Cl)cccc12. The molecule has 2 rings (SSSR count). The van der Waals surface area contributed by atoms with E-state index in [1.807, 2.05) is 25.2 Å². The number of fused-ring (bicyclic) bond motifs is 1. The third-order valence-corrected chi connectivity index (χ3v) is 2.44. The highest BCUT2D eigenvalue weighted by molar-refractivity contribution is 6.35. The van der Waals surface area contributed by atoms with E-state index in [0.717, 1.165) is 29.6 Å². The molecule has 1 heterocycles. The van der Waals surface area contributed by atoms with Gasteiger partial charge in [0.2, 0.25) is 0 Å². The molecule has 14 heavy (non-hydrogen) atoms. The van der Waals surface area contributed by atoms with Crippen LogP contribution in [0.5, 0.6) is 0 Å². The molecule has 0 amide bonds. The van der Waals surface area contributed by atoms with Crippen LogP contribution in [0.2, 0.25) is 5.02 Å². The van der Waals surface area contributed by atoms with Crippen LogP contribution in [-0.2, 0) is 6.42 Å².